The van der Waals surface area contributed by atoms with Gasteiger partial charge in [0.1, 0.15) is 0 Å². The molecule has 0 heterocycles. The minimum atomic E-state index is 0.453. The zero-order valence-electron chi connectivity index (χ0n) is 7.93. The van der Waals surface area contributed by atoms with E-state index in [0.717, 1.165) is 17.5 Å². The van der Waals surface area contributed by atoms with Crippen molar-refractivity contribution in [3.05, 3.63) is 23.5 Å². The molecule has 0 aromatic carbocycles. The molecule has 1 aliphatic carbocycles. The fourth-order valence-electron chi connectivity index (χ4n) is 1.35. The number of ether oxygens (including phenoxy) is 1. The molecule has 0 aromatic heterocycles. The second kappa shape index (κ2) is 5.14. The van der Waals surface area contributed by atoms with Gasteiger partial charge in [-0.3, -0.25) is 0 Å². The van der Waals surface area contributed by atoms with Crippen LogP contribution in [-0.4, -0.2) is 12.4 Å². The summed E-state index contributed by atoms with van der Waals surface area (Å²) in [6.45, 7) is 2.15. The summed E-state index contributed by atoms with van der Waals surface area (Å²) in [5, 5.41) is 0.736. The first-order chi connectivity index (χ1) is 6.27. The maximum atomic E-state index is 5.22. The Bertz CT molecular complexity index is 291. The van der Waals surface area contributed by atoms with Gasteiger partial charge in [-0.2, -0.15) is 0 Å². The average Bonchev–Trinajstić information content (AvgIpc) is 2.15. The highest BCUT2D eigenvalue weighted by molar-refractivity contribution is 9.09. The number of methoxy groups -OCH3 is 1. The summed E-state index contributed by atoms with van der Waals surface area (Å²) in [4.78, 5) is 0. The van der Waals surface area contributed by atoms with Crippen molar-refractivity contribution in [2.45, 2.75) is 13.3 Å². The summed E-state index contributed by atoms with van der Waals surface area (Å²) in [5.74, 6) is 7.61. The third-order valence-corrected chi connectivity index (χ3v) is 2.29. The van der Waals surface area contributed by atoms with Gasteiger partial charge >= 0.3 is 0 Å². The summed E-state index contributed by atoms with van der Waals surface area (Å²) in [5.41, 5.74) is 1.19. The number of rotatable bonds is 1. The minimum Gasteiger partial charge on any atom is -0.501 e. The van der Waals surface area contributed by atoms with E-state index < -0.39 is 0 Å². The lowest BCUT2D eigenvalue weighted by Gasteiger charge is -2.17. The Morgan fingerprint density at radius 1 is 1.62 bits per heavy atom. The molecule has 1 atom stereocenters. The Kier molecular flexibility index (Phi) is 4.11. The first-order valence-corrected chi connectivity index (χ1v) is 5.39. The van der Waals surface area contributed by atoms with Crippen LogP contribution in [0.4, 0.5) is 0 Å². The van der Waals surface area contributed by atoms with Crippen LogP contribution in [-0.2, 0) is 4.74 Å². The van der Waals surface area contributed by atoms with E-state index >= 15 is 0 Å². The van der Waals surface area contributed by atoms with Gasteiger partial charge in [0.25, 0.3) is 0 Å². The summed E-state index contributed by atoms with van der Waals surface area (Å²) >= 11 is 3.28. The molecular formula is C11H13BrO. The molecule has 0 bridgehead atoms. The van der Waals surface area contributed by atoms with Crippen molar-refractivity contribution in [2.24, 2.45) is 5.92 Å². The Labute approximate surface area is 88.0 Å². The van der Waals surface area contributed by atoms with Gasteiger partial charge in [-0.15, -0.1) is 0 Å². The van der Waals surface area contributed by atoms with E-state index in [1.807, 2.05) is 12.2 Å². The topological polar surface area (TPSA) is 9.23 Å². The summed E-state index contributed by atoms with van der Waals surface area (Å²) in [6.07, 6.45) is 5.03. The Morgan fingerprint density at radius 2 is 2.38 bits per heavy atom. The van der Waals surface area contributed by atoms with Crippen molar-refractivity contribution in [2.75, 3.05) is 12.4 Å². The third-order valence-electron chi connectivity index (χ3n) is 2.01. The highest BCUT2D eigenvalue weighted by Gasteiger charge is 2.13. The van der Waals surface area contributed by atoms with Crippen LogP contribution < -0.4 is 0 Å². The SMILES string of the molecule is COC1=CC=C(C#CCBr)CC1C. The molecule has 1 aliphatic rings. The smallest absolute Gasteiger partial charge is 0.0987 e. The van der Waals surface area contributed by atoms with Gasteiger partial charge in [-0.1, -0.05) is 34.7 Å². The summed E-state index contributed by atoms with van der Waals surface area (Å²) in [6, 6.07) is 0. The number of hydrogen-bond acceptors (Lipinski definition) is 1. The number of halogens is 1. The van der Waals surface area contributed by atoms with Crippen molar-refractivity contribution in [3.63, 3.8) is 0 Å². The summed E-state index contributed by atoms with van der Waals surface area (Å²) < 4.78 is 5.22. The highest BCUT2D eigenvalue weighted by Crippen LogP contribution is 2.24. The first kappa shape index (κ1) is 10.4. The first-order valence-electron chi connectivity index (χ1n) is 4.27. The number of alkyl halides is 1. The van der Waals surface area contributed by atoms with Gasteiger partial charge in [-0.05, 0) is 18.6 Å². The third kappa shape index (κ3) is 2.93. The van der Waals surface area contributed by atoms with Crippen LogP contribution in [0.5, 0.6) is 0 Å². The van der Waals surface area contributed by atoms with Crippen LogP contribution in [0.25, 0.3) is 0 Å². The molecule has 1 rings (SSSR count). The van der Waals surface area contributed by atoms with Crippen molar-refractivity contribution >= 4 is 15.9 Å². The lowest BCUT2D eigenvalue weighted by atomic mass is 9.94. The van der Waals surface area contributed by atoms with E-state index in [1.165, 1.54) is 5.57 Å². The van der Waals surface area contributed by atoms with Crippen LogP contribution in [0, 0.1) is 17.8 Å². The second-order valence-corrected chi connectivity index (χ2v) is 3.57. The zero-order chi connectivity index (χ0) is 9.68. The number of allylic oxidation sites excluding steroid dienone is 4. The van der Waals surface area contributed by atoms with Gasteiger partial charge in [0, 0.05) is 11.5 Å². The van der Waals surface area contributed by atoms with Gasteiger partial charge in [0.05, 0.1) is 18.2 Å². The standard InChI is InChI=1S/C11H13BrO/c1-9-8-10(4-3-7-12)5-6-11(9)13-2/h5-6,9H,7-8H2,1-2H3. The van der Waals surface area contributed by atoms with E-state index in [1.54, 1.807) is 7.11 Å². The molecule has 0 amide bonds. The molecule has 0 aromatic rings. The Balaban J connectivity index is 2.72. The van der Waals surface area contributed by atoms with E-state index in [4.69, 9.17) is 4.74 Å². The van der Waals surface area contributed by atoms with Crippen LogP contribution in [0.2, 0.25) is 0 Å². The molecule has 70 valence electrons. The highest BCUT2D eigenvalue weighted by atomic mass is 79.9. The molecular weight excluding hydrogens is 228 g/mol. The van der Waals surface area contributed by atoms with E-state index in [9.17, 15) is 0 Å². The lowest BCUT2D eigenvalue weighted by molar-refractivity contribution is 0.245. The van der Waals surface area contributed by atoms with Crippen molar-refractivity contribution in [3.8, 4) is 11.8 Å². The van der Waals surface area contributed by atoms with Crippen LogP contribution >= 0.6 is 15.9 Å². The molecule has 0 aliphatic heterocycles. The molecule has 0 radical (unpaired) electrons. The van der Waals surface area contributed by atoms with Gasteiger partial charge in [0.15, 0.2) is 0 Å². The molecule has 2 heteroatoms. The van der Waals surface area contributed by atoms with Crippen LogP contribution in [0.3, 0.4) is 0 Å². The van der Waals surface area contributed by atoms with Crippen molar-refractivity contribution in [1.29, 1.82) is 0 Å². The average molecular weight is 241 g/mol. The zero-order valence-corrected chi connectivity index (χ0v) is 9.52. The molecule has 0 fully saturated rings. The monoisotopic (exact) mass is 240 g/mol. The van der Waals surface area contributed by atoms with Crippen LogP contribution in [0.15, 0.2) is 23.5 Å². The molecule has 13 heavy (non-hydrogen) atoms. The van der Waals surface area contributed by atoms with E-state index in [2.05, 4.69) is 34.7 Å². The molecule has 1 nitrogen and oxygen atoms in total. The number of hydrogen-bond donors (Lipinski definition) is 0. The molecule has 0 N–H and O–H groups in total. The Hall–Kier alpha value is -0.680. The van der Waals surface area contributed by atoms with Crippen molar-refractivity contribution in [1.82, 2.24) is 0 Å². The predicted molar refractivity (Wildman–Crippen MR) is 58.5 cm³/mol. The predicted octanol–water partition coefficient (Wildman–Crippen LogP) is 2.88. The fraction of sp³-hybridized carbons (Fsp3) is 0.455. The van der Waals surface area contributed by atoms with Gasteiger partial charge in [-0.25, -0.2) is 0 Å². The van der Waals surface area contributed by atoms with E-state index in [0.29, 0.717) is 5.92 Å². The quantitative estimate of drug-likeness (QED) is 0.506. The molecule has 0 saturated heterocycles. The fourth-order valence-corrected chi connectivity index (χ4v) is 1.49. The lowest BCUT2D eigenvalue weighted by Crippen LogP contribution is -2.06. The second-order valence-electron chi connectivity index (χ2n) is 3.01. The largest absolute Gasteiger partial charge is 0.501 e. The van der Waals surface area contributed by atoms with E-state index in [-0.39, 0.29) is 0 Å². The Morgan fingerprint density at radius 3 is 2.92 bits per heavy atom. The maximum Gasteiger partial charge on any atom is 0.0987 e. The van der Waals surface area contributed by atoms with Crippen LogP contribution in [0.1, 0.15) is 13.3 Å². The van der Waals surface area contributed by atoms with Crippen molar-refractivity contribution < 1.29 is 4.74 Å². The molecule has 0 spiro atoms. The minimum absolute atomic E-state index is 0.453. The normalized spacial score (nSPS) is 21.0. The molecule has 1 unspecified atom stereocenters. The van der Waals surface area contributed by atoms with Gasteiger partial charge < -0.3 is 4.74 Å². The maximum absolute atomic E-state index is 5.22. The summed E-state index contributed by atoms with van der Waals surface area (Å²) in [7, 11) is 1.71. The van der Waals surface area contributed by atoms with Gasteiger partial charge in [0.2, 0.25) is 0 Å². The molecule has 0 saturated carbocycles.